The van der Waals surface area contributed by atoms with E-state index in [4.69, 9.17) is 4.74 Å². The molecule has 2 heteroatoms. The normalized spacial score (nSPS) is 38.5. The summed E-state index contributed by atoms with van der Waals surface area (Å²) in [5.41, 5.74) is 0. The van der Waals surface area contributed by atoms with Crippen LogP contribution in [0.15, 0.2) is 12.7 Å². The number of ether oxygens (including phenoxy) is 1. The zero-order valence-electron chi connectivity index (χ0n) is 17.0. The first kappa shape index (κ1) is 20.0. The Morgan fingerprint density at radius 2 is 1.23 bits per heavy atom. The monoisotopic (exact) mass is 360 g/mol. The lowest BCUT2D eigenvalue weighted by atomic mass is 9.65. The molecular formula is C24H40O2. The Morgan fingerprint density at radius 3 is 1.65 bits per heavy atom. The number of carbonyl (C=O) groups excluding carboxylic acids is 1. The van der Waals surface area contributed by atoms with Crippen molar-refractivity contribution in [3.8, 4) is 0 Å². The molecule has 0 aliphatic heterocycles. The van der Waals surface area contributed by atoms with E-state index < -0.39 is 0 Å². The van der Waals surface area contributed by atoms with Gasteiger partial charge in [-0.3, -0.25) is 4.79 Å². The lowest BCUT2D eigenvalue weighted by Crippen LogP contribution is -2.29. The lowest BCUT2D eigenvalue weighted by molar-refractivity contribution is -0.141. The summed E-state index contributed by atoms with van der Waals surface area (Å²) < 4.78 is 4.79. The second-order valence-corrected chi connectivity index (χ2v) is 9.48. The number of rotatable bonds is 6. The zero-order valence-corrected chi connectivity index (χ0v) is 17.0. The molecule has 26 heavy (non-hydrogen) atoms. The van der Waals surface area contributed by atoms with E-state index >= 15 is 0 Å². The highest BCUT2D eigenvalue weighted by Crippen LogP contribution is 2.46. The summed E-state index contributed by atoms with van der Waals surface area (Å²) in [7, 11) is 1.50. The minimum absolute atomic E-state index is 0.0347. The van der Waals surface area contributed by atoms with E-state index in [1.165, 1.54) is 84.2 Å². The topological polar surface area (TPSA) is 26.3 Å². The lowest BCUT2D eigenvalue weighted by Gasteiger charge is -2.41. The molecule has 0 spiro atoms. The minimum atomic E-state index is -0.0347. The van der Waals surface area contributed by atoms with Gasteiger partial charge in [0.1, 0.15) is 0 Å². The van der Waals surface area contributed by atoms with Crippen LogP contribution < -0.4 is 0 Å². The smallest absolute Gasteiger partial charge is 0.305 e. The predicted octanol–water partition coefficient (Wildman–Crippen LogP) is 6.54. The standard InChI is InChI=1S/C24H40O2/c1-3-18-4-9-20(10-5-18)22-13-15-23(16-14-22)21-11-6-19(7-12-21)8-17-24(25)26-2/h3,18-23H,1,4-17H2,2H3. The van der Waals surface area contributed by atoms with Crippen molar-refractivity contribution in [3.63, 3.8) is 0 Å². The number of esters is 1. The fraction of sp³-hybridized carbons (Fsp3) is 0.875. The van der Waals surface area contributed by atoms with Crippen LogP contribution in [-0.4, -0.2) is 13.1 Å². The Balaban J connectivity index is 1.34. The molecule has 148 valence electrons. The summed E-state index contributed by atoms with van der Waals surface area (Å²) >= 11 is 0. The molecular weight excluding hydrogens is 320 g/mol. The van der Waals surface area contributed by atoms with Crippen LogP contribution in [0.5, 0.6) is 0 Å². The summed E-state index contributed by atoms with van der Waals surface area (Å²) in [6, 6.07) is 0. The third-order valence-corrected chi connectivity index (χ3v) is 8.18. The molecule has 0 N–H and O–H groups in total. The van der Waals surface area contributed by atoms with E-state index in [-0.39, 0.29) is 5.97 Å². The molecule has 3 aliphatic carbocycles. The molecule has 0 aromatic heterocycles. The fourth-order valence-corrected chi connectivity index (χ4v) is 6.31. The predicted molar refractivity (Wildman–Crippen MR) is 108 cm³/mol. The number of methoxy groups -OCH3 is 1. The Bertz CT molecular complexity index is 433. The summed E-state index contributed by atoms with van der Waals surface area (Å²) in [6.07, 6.45) is 21.0. The number of allylic oxidation sites excluding steroid dienone is 1. The van der Waals surface area contributed by atoms with Crippen LogP contribution >= 0.6 is 0 Å². The molecule has 0 heterocycles. The van der Waals surface area contributed by atoms with E-state index in [0.29, 0.717) is 6.42 Å². The van der Waals surface area contributed by atoms with Crippen molar-refractivity contribution in [2.24, 2.45) is 35.5 Å². The van der Waals surface area contributed by atoms with Crippen molar-refractivity contribution in [3.05, 3.63) is 12.7 Å². The van der Waals surface area contributed by atoms with Crippen molar-refractivity contribution in [2.45, 2.75) is 89.9 Å². The first-order valence-corrected chi connectivity index (χ1v) is 11.4. The summed E-state index contributed by atoms with van der Waals surface area (Å²) in [5, 5.41) is 0. The molecule has 0 saturated heterocycles. The molecule has 0 unspecified atom stereocenters. The molecule has 0 aromatic carbocycles. The van der Waals surface area contributed by atoms with Gasteiger partial charge < -0.3 is 4.74 Å². The van der Waals surface area contributed by atoms with E-state index in [1.807, 2.05) is 0 Å². The van der Waals surface area contributed by atoms with E-state index in [2.05, 4.69) is 12.7 Å². The van der Waals surface area contributed by atoms with Crippen LogP contribution in [0.4, 0.5) is 0 Å². The average molecular weight is 361 g/mol. The number of carbonyl (C=O) groups is 1. The quantitative estimate of drug-likeness (QED) is 0.397. The average Bonchev–Trinajstić information content (AvgIpc) is 2.72. The van der Waals surface area contributed by atoms with Gasteiger partial charge in [-0.1, -0.05) is 18.9 Å². The van der Waals surface area contributed by atoms with Crippen LogP contribution in [0.2, 0.25) is 0 Å². The third-order valence-electron chi connectivity index (χ3n) is 8.18. The fourth-order valence-electron chi connectivity index (χ4n) is 6.31. The van der Waals surface area contributed by atoms with Crippen molar-refractivity contribution >= 4 is 5.97 Å². The van der Waals surface area contributed by atoms with Crippen LogP contribution in [0.1, 0.15) is 89.9 Å². The molecule has 3 rings (SSSR count). The first-order chi connectivity index (χ1) is 12.7. The molecule has 2 nitrogen and oxygen atoms in total. The summed E-state index contributed by atoms with van der Waals surface area (Å²) in [6.45, 7) is 3.99. The van der Waals surface area contributed by atoms with E-state index in [1.54, 1.807) is 0 Å². The molecule has 0 radical (unpaired) electrons. The van der Waals surface area contributed by atoms with Gasteiger partial charge in [-0.25, -0.2) is 0 Å². The van der Waals surface area contributed by atoms with Gasteiger partial charge in [0, 0.05) is 6.42 Å². The van der Waals surface area contributed by atoms with Gasteiger partial charge in [0.05, 0.1) is 7.11 Å². The molecule has 0 atom stereocenters. The highest BCUT2D eigenvalue weighted by Gasteiger charge is 2.34. The number of hydrogen-bond donors (Lipinski definition) is 0. The molecule has 0 amide bonds. The van der Waals surface area contributed by atoms with Crippen LogP contribution in [0.25, 0.3) is 0 Å². The second-order valence-electron chi connectivity index (χ2n) is 9.48. The van der Waals surface area contributed by atoms with E-state index in [0.717, 1.165) is 41.9 Å². The van der Waals surface area contributed by atoms with Gasteiger partial charge in [-0.2, -0.15) is 0 Å². The van der Waals surface area contributed by atoms with Crippen LogP contribution in [0.3, 0.4) is 0 Å². The van der Waals surface area contributed by atoms with Crippen LogP contribution in [-0.2, 0) is 9.53 Å². The summed E-state index contributed by atoms with van der Waals surface area (Å²) in [5.74, 6) is 5.54. The molecule has 3 aliphatic rings. The SMILES string of the molecule is C=CC1CCC(C2CCC(C3CCC(CCC(=O)OC)CC3)CC2)CC1. The Labute approximate surface area is 161 Å². The van der Waals surface area contributed by atoms with Crippen molar-refractivity contribution in [2.75, 3.05) is 7.11 Å². The van der Waals surface area contributed by atoms with Gasteiger partial charge in [0.15, 0.2) is 0 Å². The van der Waals surface area contributed by atoms with Gasteiger partial charge in [0.2, 0.25) is 0 Å². The van der Waals surface area contributed by atoms with Gasteiger partial charge in [-0.05, 0) is 106 Å². The Hall–Kier alpha value is -0.790. The van der Waals surface area contributed by atoms with Crippen molar-refractivity contribution in [1.82, 2.24) is 0 Å². The minimum Gasteiger partial charge on any atom is -0.469 e. The summed E-state index contributed by atoms with van der Waals surface area (Å²) in [4.78, 5) is 11.3. The molecule has 0 bridgehead atoms. The van der Waals surface area contributed by atoms with Gasteiger partial charge in [-0.15, -0.1) is 6.58 Å². The van der Waals surface area contributed by atoms with E-state index in [9.17, 15) is 4.79 Å². The molecule has 0 aromatic rings. The number of hydrogen-bond acceptors (Lipinski definition) is 2. The first-order valence-electron chi connectivity index (χ1n) is 11.4. The maximum absolute atomic E-state index is 11.3. The van der Waals surface area contributed by atoms with Gasteiger partial charge in [0.25, 0.3) is 0 Å². The van der Waals surface area contributed by atoms with Crippen molar-refractivity contribution in [1.29, 1.82) is 0 Å². The van der Waals surface area contributed by atoms with Gasteiger partial charge >= 0.3 is 5.97 Å². The molecule has 3 fully saturated rings. The third kappa shape index (κ3) is 5.36. The maximum atomic E-state index is 11.3. The maximum Gasteiger partial charge on any atom is 0.305 e. The highest BCUT2D eigenvalue weighted by atomic mass is 16.5. The Kier molecular flexibility index (Phi) is 7.64. The second kappa shape index (κ2) is 9.95. The van der Waals surface area contributed by atoms with Crippen molar-refractivity contribution < 1.29 is 9.53 Å². The van der Waals surface area contributed by atoms with Crippen LogP contribution in [0, 0.1) is 35.5 Å². The Morgan fingerprint density at radius 1 is 0.808 bits per heavy atom. The highest BCUT2D eigenvalue weighted by molar-refractivity contribution is 5.69. The molecule has 3 saturated carbocycles. The zero-order chi connectivity index (χ0) is 18.4. The largest absolute Gasteiger partial charge is 0.469 e.